The lowest BCUT2D eigenvalue weighted by Crippen LogP contribution is -2.46. The molecule has 0 bridgehead atoms. The summed E-state index contributed by atoms with van der Waals surface area (Å²) < 4.78 is 38.5. The first-order valence-electron chi connectivity index (χ1n) is 9.36. The molecule has 5 nitrogen and oxygen atoms in total. The highest BCUT2D eigenvalue weighted by Gasteiger charge is 2.35. The van der Waals surface area contributed by atoms with Crippen LogP contribution in [0.25, 0.3) is 0 Å². The highest BCUT2D eigenvalue weighted by molar-refractivity contribution is 5.78. The van der Waals surface area contributed by atoms with Gasteiger partial charge in [0.2, 0.25) is 12.7 Å². The highest BCUT2D eigenvalue weighted by Crippen LogP contribution is 2.36. The van der Waals surface area contributed by atoms with Crippen LogP contribution in [0.1, 0.15) is 23.5 Å². The van der Waals surface area contributed by atoms with E-state index in [-0.39, 0.29) is 30.6 Å². The molecule has 0 saturated carbocycles. The Hall–Kier alpha value is -2.67. The normalized spacial score (nSPS) is 21.2. The lowest BCUT2D eigenvalue weighted by atomic mass is 9.79. The van der Waals surface area contributed by atoms with Crippen LogP contribution in [0.4, 0.5) is 8.78 Å². The van der Waals surface area contributed by atoms with Crippen LogP contribution in [0.15, 0.2) is 36.4 Å². The van der Waals surface area contributed by atoms with Crippen molar-refractivity contribution in [3.8, 4) is 11.5 Å². The number of carbonyl (C=O) groups is 1. The van der Waals surface area contributed by atoms with Crippen molar-refractivity contribution in [1.82, 2.24) is 4.90 Å². The van der Waals surface area contributed by atoms with Crippen LogP contribution < -0.4 is 15.2 Å². The van der Waals surface area contributed by atoms with Crippen molar-refractivity contribution in [1.29, 1.82) is 0 Å². The molecule has 2 aliphatic heterocycles. The van der Waals surface area contributed by atoms with E-state index >= 15 is 0 Å². The average Bonchev–Trinajstić information content (AvgIpc) is 3.16. The number of halogens is 2. The zero-order valence-corrected chi connectivity index (χ0v) is 15.4. The molecule has 2 aromatic rings. The number of nitrogens with two attached hydrogens (primary N) is 1. The maximum atomic E-state index is 14.2. The molecule has 1 fully saturated rings. The standard InChI is InChI=1S/C21H22F2N2O3/c22-15-2-3-18(23)17(8-15)16-9-21(26)25(11-14(16)10-24)6-5-13-1-4-19-20(7-13)28-12-27-19/h1-4,7-8,14,16H,5-6,9-12,24H2/t14-,16-/m0/s1. The fraction of sp³-hybridized carbons (Fsp3) is 0.381. The average molecular weight is 388 g/mol. The largest absolute Gasteiger partial charge is 0.454 e. The summed E-state index contributed by atoms with van der Waals surface area (Å²) in [6, 6.07) is 9.10. The van der Waals surface area contributed by atoms with Crippen molar-refractivity contribution in [3.05, 3.63) is 59.2 Å². The van der Waals surface area contributed by atoms with Crippen LogP contribution in [-0.2, 0) is 11.2 Å². The maximum absolute atomic E-state index is 14.2. The van der Waals surface area contributed by atoms with Gasteiger partial charge >= 0.3 is 0 Å². The number of hydrogen-bond acceptors (Lipinski definition) is 4. The van der Waals surface area contributed by atoms with Gasteiger partial charge in [-0.05, 0) is 60.3 Å². The molecular formula is C21H22F2N2O3. The number of fused-ring (bicyclic) bond motifs is 1. The number of rotatable bonds is 5. The van der Waals surface area contributed by atoms with Gasteiger partial charge in [0.05, 0.1) is 0 Å². The molecule has 0 aliphatic carbocycles. The first kappa shape index (κ1) is 18.7. The van der Waals surface area contributed by atoms with E-state index in [1.54, 1.807) is 4.90 Å². The Morgan fingerprint density at radius 3 is 2.75 bits per heavy atom. The predicted octanol–water partition coefficient (Wildman–Crippen LogP) is 2.83. The molecule has 2 aromatic carbocycles. The van der Waals surface area contributed by atoms with Gasteiger partial charge < -0.3 is 20.1 Å². The van der Waals surface area contributed by atoms with Gasteiger partial charge in [-0.3, -0.25) is 4.79 Å². The zero-order valence-electron chi connectivity index (χ0n) is 15.4. The maximum Gasteiger partial charge on any atom is 0.231 e. The summed E-state index contributed by atoms with van der Waals surface area (Å²) in [7, 11) is 0. The molecule has 1 amide bonds. The van der Waals surface area contributed by atoms with Gasteiger partial charge in [-0.25, -0.2) is 8.78 Å². The van der Waals surface area contributed by atoms with Gasteiger partial charge in [-0.2, -0.15) is 0 Å². The molecule has 148 valence electrons. The Morgan fingerprint density at radius 1 is 1.11 bits per heavy atom. The van der Waals surface area contributed by atoms with Crippen LogP contribution in [0, 0.1) is 17.6 Å². The minimum atomic E-state index is -0.509. The van der Waals surface area contributed by atoms with Crippen LogP contribution >= 0.6 is 0 Å². The molecule has 28 heavy (non-hydrogen) atoms. The fourth-order valence-electron chi connectivity index (χ4n) is 3.97. The number of nitrogens with zero attached hydrogens (tertiary/aromatic N) is 1. The number of piperidine rings is 1. The highest BCUT2D eigenvalue weighted by atomic mass is 19.1. The first-order chi connectivity index (χ1) is 13.5. The van der Waals surface area contributed by atoms with E-state index in [9.17, 15) is 13.6 Å². The van der Waals surface area contributed by atoms with Gasteiger partial charge in [0, 0.05) is 25.4 Å². The monoisotopic (exact) mass is 388 g/mol. The minimum Gasteiger partial charge on any atom is -0.454 e. The summed E-state index contributed by atoms with van der Waals surface area (Å²) in [4.78, 5) is 14.4. The van der Waals surface area contributed by atoms with Crippen LogP contribution in [0.5, 0.6) is 11.5 Å². The second kappa shape index (κ2) is 7.75. The Morgan fingerprint density at radius 2 is 1.93 bits per heavy atom. The van der Waals surface area contributed by atoms with Crippen LogP contribution in [0.2, 0.25) is 0 Å². The number of ether oxygens (including phenoxy) is 2. The van der Waals surface area contributed by atoms with Gasteiger partial charge in [-0.15, -0.1) is 0 Å². The van der Waals surface area contributed by atoms with E-state index in [0.717, 1.165) is 23.4 Å². The van der Waals surface area contributed by atoms with Crippen LogP contribution in [-0.4, -0.2) is 37.2 Å². The first-order valence-corrected chi connectivity index (χ1v) is 9.36. The second-order valence-electron chi connectivity index (χ2n) is 7.25. The molecule has 4 rings (SSSR count). The Bertz CT molecular complexity index is 890. The smallest absolute Gasteiger partial charge is 0.231 e. The van der Waals surface area contributed by atoms with Crippen molar-refractivity contribution >= 4 is 5.91 Å². The van der Waals surface area contributed by atoms with E-state index in [1.165, 1.54) is 6.07 Å². The summed E-state index contributed by atoms with van der Waals surface area (Å²) in [5.41, 5.74) is 7.19. The van der Waals surface area contributed by atoms with Crippen molar-refractivity contribution in [2.45, 2.75) is 18.8 Å². The van der Waals surface area contributed by atoms with Gasteiger partial charge in [0.25, 0.3) is 0 Å². The molecule has 0 aromatic heterocycles. The molecule has 0 unspecified atom stereocenters. The molecule has 2 aliphatic rings. The van der Waals surface area contributed by atoms with E-state index in [2.05, 4.69) is 0 Å². The number of amides is 1. The summed E-state index contributed by atoms with van der Waals surface area (Å²) in [5, 5.41) is 0. The Kier molecular flexibility index (Phi) is 5.17. The Balaban J connectivity index is 1.45. The molecule has 2 heterocycles. The third-order valence-electron chi connectivity index (χ3n) is 5.54. The van der Waals surface area contributed by atoms with Gasteiger partial charge in [0.15, 0.2) is 11.5 Å². The van der Waals surface area contributed by atoms with Crippen LogP contribution in [0.3, 0.4) is 0 Å². The summed E-state index contributed by atoms with van der Waals surface area (Å²) >= 11 is 0. The third kappa shape index (κ3) is 3.67. The van der Waals surface area contributed by atoms with E-state index in [4.69, 9.17) is 15.2 Å². The van der Waals surface area contributed by atoms with E-state index in [1.807, 2.05) is 18.2 Å². The second-order valence-corrected chi connectivity index (χ2v) is 7.25. The lowest BCUT2D eigenvalue weighted by Gasteiger charge is -2.38. The minimum absolute atomic E-state index is 0.0703. The number of hydrogen-bond donors (Lipinski definition) is 1. The summed E-state index contributed by atoms with van der Waals surface area (Å²) in [5.74, 6) is -0.166. The number of benzene rings is 2. The Labute approximate surface area is 162 Å². The van der Waals surface area contributed by atoms with Crippen molar-refractivity contribution in [2.24, 2.45) is 11.7 Å². The molecule has 0 spiro atoms. The van der Waals surface area contributed by atoms with E-state index in [0.29, 0.717) is 31.8 Å². The molecule has 0 radical (unpaired) electrons. The molecular weight excluding hydrogens is 366 g/mol. The van der Waals surface area contributed by atoms with Crippen molar-refractivity contribution in [3.63, 3.8) is 0 Å². The molecule has 7 heteroatoms. The predicted molar refractivity (Wildman–Crippen MR) is 99.1 cm³/mol. The number of likely N-dealkylation sites (tertiary alicyclic amines) is 1. The topological polar surface area (TPSA) is 64.8 Å². The molecule has 2 N–H and O–H groups in total. The van der Waals surface area contributed by atoms with Crippen molar-refractivity contribution in [2.75, 3.05) is 26.4 Å². The van der Waals surface area contributed by atoms with E-state index < -0.39 is 17.6 Å². The zero-order chi connectivity index (χ0) is 19.7. The van der Waals surface area contributed by atoms with Gasteiger partial charge in [-0.1, -0.05) is 6.07 Å². The fourth-order valence-corrected chi connectivity index (χ4v) is 3.97. The number of carbonyl (C=O) groups excluding carboxylic acids is 1. The van der Waals surface area contributed by atoms with Crippen molar-refractivity contribution < 1.29 is 23.0 Å². The quantitative estimate of drug-likeness (QED) is 0.856. The third-order valence-corrected chi connectivity index (χ3v) is 5.54. The lowest BCUT2D eigenvalue weighted by molar-refractivity contribution is -0.135. The molecule has 1 saturated heterocycles. The summed E-state index contributed by atoms with van der Waals surface area (Å²) in [6.45, 7) is 1.49. The van der Waals surface area contributed by atoms with Gasteiger partial charge in [0.1, 0.15) is 11.6 Å². The summed E-state index contributed by atoms with van der Waals surface area (Å²) in [6.07, 6.45) is 0.794. The SMILES string of the molecule is NC[C@H]1CN(CCc2ccc3c(c2)OCO3)C(=O)C[C@@H]1c1cc(F)ccc1F. The molecule has 2 atom stereocenters.